The molecule has 0 spiro atoms. The molecular formula is C20H13F6NS. The molecule has 0 aliphatic carbocycles. The van der Waals surface area contributed by atoms with Gasteiger partial charge in [0.2, 0.25) is 0 Å². The van der Waals surface area contributed by atoms with Crippen LogP contribution in [0.4, 0.5) is 26.3 Å². The van der Waals surface area contributed by atoms with Crippen LogP contribution in [0.5, 0.6) is 0 Å². The first-order valence-electron chi connectivity index (χ1n) is 7.99. The van der Waals surface area contributed by atoms with Gasteiger partial charge in [-0.2, -0.15) is 26.3 Å². The highest BCUT2D eigenvalue weighted by Crippen LogP contribution is 2.39. The number of alkyl halides is 6. The summed E-state index contributed by atoms with van der Waals surface area (Å²) in [5.74, 6) is 0. The quantitative estimate of drug-likeness (QED) is 0.333. The fourth-order valence-electron chi connectivity index (χ4n) is 2.63. The largest absolute Gasteiger partial charge is 0.416 e. The first kappa shape index (κ1) is 20.3. The zero-order valence-electron chi connectivity index (χ0n) is 14.4. The van der Waals surface area contributed by atoms with Gasteiger partial charge in [-0.15, -0.1) is 11.8 Å². The Balaban J connectivity index is 2.22. The summed E-state index contributed by atoms with van der Waals surface area (Å²) in [6.07, 6.45) is -8.05. The van der Waals surface area contributed by atoms with Crippen molar-refractivity contribution in [3.63, 3.8) is 0 Å². The molecule has 1 aromatic heterocycles. The number of thioether (sulfide) groups is 1. The molecular weight excluding hydrogens is 400 g/mol. The van der Waals surface area contributed by atoms with E-state index in [0.29, 0.717) is 28.3 Å². The average molecular weight is 413 g/mol. The summed E-state index contributed by atoms with van der Waals surface area (Å²) < 4.78 is 78.9. The predicted octanol–water partition coefficient (Wildman–Crippen LogP) is 7.18. The van der Waals surface area contributed by atoms with E-state index in [1.54, 1.807) is 42.7 Å². The van der Waals surface area contributed by atoms with Crippen molar-refractivity contribution in [2.75, 3.05) is 6.26 Å². The topological polar surface area (TPSA) is 12.9 Å². The average Bonchev–Trinajstić information content (AvgIpc) is 2.66. The van der Waals surface area contributed by atoms with Crippen LogP contribution in [0.15, 0.2) is 65.6 Å². The number of hydrogen-bond donors (Lipinski definition) is 0. The summed E-state index contributed by atoms with van der Waals surface area (Å²) in [6.45, 7) is 0. The van der Waals surface area contributed by atoms with Crippen LogP contribution in [0.2, 0.25) is 0 Å². The number of aromatic nitrogens is 1. The Hall–Kier alpha value is -2.48. The molecule has 0 saturated heterocycles. The van der Waals surface area contributed by atoms with E-state index < -0.39 is 23.5 Å². The molecule has 0 N–H and O–H groups in total. The van der Waals surface area contributed by atoms with Crippen LogP contribution in [0.3, 0.4) is 0 Å². The van der Waals surface area contributed by atoms with Crippen molar-refractivity contribution in [1.29, 1.82) is 0 Å². The van der Waals surface area contributed by atoms with Crippen molar-refractivity contribution in [2.45, 2.75) is 17.2 Å². The Labute approximate surface area is 161 Å². The second-order valence-corrected chi connectivity index (χ2v) is 6.82. The molecule has 146 valence electrons. The summed E-state index contributed by atoms with van der Waals surface area (Å²) in [6, 6.07) is 13.6. The molecule has 1 heterocycles. The van der Waals surface area contributed by atoms with Gasteiger partial charge in [0.1, 0.15) is 0 Å². The van der Waals surface area contributed by atoms with Gasteiger partial charge in [0.25, 0.3) is 0 Å². The summed E-state index contributed by atoms with van der Waals surface area (Å²) in [5.41, 5.74) is -1.75. The van der Waals surface area contributed by atoms with E-state index in [1.807, 2.05) is 0 Å². The van der Waals surface area contributed by atoms with Crippen LogP contribution in [0.25, 0.3) is 22.5 Å². The van der Waals surface area contributed by atoms with Gasteiger partial charge in [0.05, 0.1) is 22.5 Å². The van der Waals surface area contributed by atoms with Crippen LogP contribution in [-0.2, 0) is 12.4 Å². The van der Waals surface area contributed by atoms with E-state index in [2.05, 4.69) is 4.98 Å². The second kappa shape index (κ2) is 7.50. The summed E-state index contributed by atoms with van der Waals surface area (Å²) in [5, 5.41) is 0. The lowest BCUT2D eigenvalue weighted by Crippen LogP contribution is -2.11. The van der Waals surface area contributed by atoms with Crippen LogP contribution < -0.4 is 0 Å². The van der Waals surface area contributed by atoms with Gasteiger partial charge in [0, 0.05) is 16.0 Å². The fourth-order valence-corrected chi connectivity index (χ4v) is 3.09. The second-order valence-electron chi connectivity index (χ2n) is 5.94. The van der Waals surface area contributed by atoms with Crippen LogP contribution >= 0.6 is 11.8 Å². The highest BCUT2D eigenvalue weighted by Gasteiger charge is 2.37. The van der Waals surface area contributed by atoms with E-state index in [4.69, 9.17) is 0 Å². The number of halogens is 6. The molecule has 2 aromatic carbocycles. The standard InChI is InChI=1S/C20H13F6NS/c1-28-16-10-17(12-5-3-2-4-6-12)27-18(11-16)13-7-14(19(21,22)23)9-15(8-13)20(24,25)26/h2-11H,1H3. The van der Waals surface area contributed by atoms with Crippen molar-refractivity contribution in [3.05, 3.63) is 71.8 Å². The third kappa shape index (κ3) is 4.49. The molecule has 0 bridgehead atoms. The summed E-state index contributed by atoms with van der Waals surface area (Å²) >= 11 is 1.32. The number of pyridine rings is 1. The van der Waals surface area contributed by atoms with Crippen molar-refractivity contribution in [3.8, 4) is 22.5 Å². The van der Waals surface area contributed by atoms with Crippen molar-refractivity contribution < 1.29 is 26.3 Å². The van der Waals surface area contributed by atoms with Gasteiger partial charge < -0.3 is 0 Å². The zero-order valence-corrected chi connectivity index (χ0v) is 15.2. The summed E-state index contributed by atoms with van der Waals surface area (Å²) in [7, 11) is 0. The molecule has 1 nitrogen and oxygen atoms in total. The molecule has 0 unspecified atom stereocenters. The zero-order chi connectivity index (χ0) is 20.5. The predicted molar refractivity (Wildman–Crippen MR) is 96.9 cm³/mol. The molecule has 0 radical (unpaired) electrons. The van der Waals surface area contributed by atoms with Gasteiger partial charge in [-0.1, -0.05) is 30.3 Å². The molecule has 0 atom stereocenters. The monoisotopic (exact) mass is 413 g/mol. The Morgan fingerprint density at radius 2 is 1.18 bits per heavy atom. The molecule has 0 amide bonds. The van der Waals surface area contributed by atoms with Crippen LogP contribution in [0, 0.1) is 0 Å². The minimum Gasteiger partial charge on any atom is -0.248 e. The smallest absolute Gasteiger partial charge is 0.248 e. The molecule has 28 heavy (non-hydrogen) atoms. The molecule has 0 fully saturated rings. The van der Waals surface area contributed by atoms with Gasteiger partial charge in [-0.25, -0.2) is 4.98 Å². The Kier molecular flexibility index (Phi) is 5.43. The third-order valence-electron chi connectivity index (χ3n) is 3.99. The molecule has 3 rings (SSSR count). The Bertz CT molecular complexity index is 948. The highest BCUT2D eigenvalue weighted by atomic mass is 32.2. The minimum atomic E-state index is -4.91. The SMILES string of the molecule is CSc1cc(-c2ccccc2)nc(-c2cc(C(F)(F)F)cc(C(F)(F)F)c2)c1. The summed E-state index contributed by atoms with van der Waals surface area (Å²) in [4.78, 5) is 5.00. The van der Waals surface area contributed by atoms with Crippen LogP contribution in [0.1, 0.15) is 11.1 Å². The van der Waals surface area contributed by atoms with Crippen molar-refractivity contribution in [2.24, 2.45) is 0 Å². The lowest BCUT2D eigenvalue weighted by Gasteiger charge is -2.15. The first-order valence-corrected chi connectivity index (χ1v) is 9.22. The van der Waals surface area contributed by atoms with Gasteiger partial charge in [0.15, 0.2) is 0 Å². The van der Waals surface area contributed by atoms with E-state index in [9.17, 15) is 26.3 Å². The van der Waals surface area contributed by atoms with E-state index in [-0.39, 0.29) is 17.3 Å². The Morgan fingerprint density at radius 1 is 0.679 bits per heavy atom. The molecule has 0 aliphatic heterocycles. The highest BCUT2D eigenvalue weighted by molar-refractivity contribution is 7.98. The van der Waals surface area contributed by atoms with Gasteiger partial charge in [-0.3, -0.25) is 0 Å². The van der Waals surface area contributed by atoms with E-state index in [0.717, 1.165) is 0 Å². The van der Waals surface area contributed by atoms with Crippen LogP contribution in [-0.4, -0.2) is 11.2 Å². The van der Waals surface area contributed by atoms with E-state index >= 15 is 0 Å². The number of nitrogens with zero attached hydrogens (tertiary/aromatic N) is 1. The van der Waals surface area contributed by atoms with Crippen molar-refractivity contribution in [1.82, 2.24) is 4.98 Å². The molecule has 3 aromatic rings. The fraction of sp³-hybridized carbons (Fsp3) is 0.150. The number of benzene rings is 2. The number of hydrogen-bond acceptors (Lipinski definition) is 2. The molecule has 0 aliphatic rings. The first-order chi connectivity index (χ1) is 13.1. The molecule has 0 saturated carbocycles. The third-order valence-corrected chi connectivity index (χ3v) is 4.69. The van der Waals surface area contributed by atoms with Gasteiger partial charge >= 0.3 is 12.4 Å². The maximum Gasteiger partial charge on any atom is 0.416 e. The lowest BCUT2D eigenvalue weighted by atomic mass is 10.0. The maximum absolute atomic E-state index is 13.1. The minimum absolute atomic E-state index is 0.0438. The molecule has 8 heteroatoms. The van der Waals surface area contributed by atoms with E-state index in [1.165, 1.54) is 17.8 Å². The number of rotatable bonds is 3. The van der Waals surface area contributed by atoms with Gasteiger partial charge in [-0.05, 0) is 36.6 Å². The maximum atomic E-state index is 13.1. The van der Waals surface area contributed by atoms with Crippen molar-refractivity contribution >= 4 is 11.8 Å². The normalized spacial score (nSPS) is 12.2. The Morgan fingerprint density at radius 3 is 1.64 bits per heavy atom. The lowest BCUT2D eigenvalue weighted by molar-refractivity contribution is -0.143.